The van der Waals surface area contributed by atoms with Gasteiger partial charge < -0.3 is 63.8 Å². The average molecular weight is 2050 g/mol. The maximum atomic E-state index is 12.4. The normalized spacial score (nSPS) is 20.0. The van der Waals surface area contributed by atoms with Gasteiger partial charge >= 0.3 is 87.2 Å². The molecule has 15 rings (SSSR count). The molecule has 10 atom stereocenters. The molecule has 5 heterocycles. The molecule has 5 aromatic carbocycles. The van der Waals surface area contributed by atoms with Crippen LogP contribution < -0.4 is 51.4 Å². The van der Waals surface area contributed by atoms with Crippen molar-refractivity contribution < 1.29 is 182 Å². The van der Waals surface area contributed by atoms with Gasteiger partial charge in [0.1, 0.15) is 85.7 Å². The van der Waals surface area contributed by atoms with Gasteiger partial charge in [0.15, 0.2) is 0 Å². The third-order valence-electron chi connectivity index (χ3n) is 17.6. The summed E-state index contributed by atoms with van der Waals surface area (Å²) < 4.78 is 31.0. The van der Waals surface area contributed by atoms with Crippen LogP contribution >= 0.6 is 63.7 Å². The number of imide groups is 5. The number of amides is 10. The fraction of sp³-hybridized carbons (Fsp3) is 0.367. The van der Waals surface area contributed by atoms with Crippen LogP contribution in [0.4, 0.5) is 0 Å². The van der Waals surface area contributed by atoms with Gasteiger partial charge in [-0.15, -0.1) is 0 Å². The monoisotopic (exact) mass is 2050 g/mol. The largest absolute Gasteiger partial charge is 1.00 e. The zero-order chi connectivity index (χ0) is 83.3. The average Bonchev–Trinajstić information content (AvgIpc) is 1.64. The number of hydrogen-bond acceptors (Lipinski definition) is 27. The molecule has 0 saturated heterocycles. The van der Waals surface area contributed by atoms with E-state index in [0.717, 1.165) is 16.2 Å². The van der Waals surface area contributed by atoms with Gasteiger partial charge in [-0.3, -0.25) is 91.5 Å². The molecule has 1 fully saturated rings. The molecule has 4 N–H and O–H groups in total. The molecule has 1 saturated carbocycles. The summed E-state index contributed by atoms with van der Waals surface area (Å²) in [6, 6.07) is 31.4. The molecule has 0 spiro atoms. The van der Waals surface area contributed by atoms with E-state index in [2.05, 4.69) is 93.3 Å². The zero-order valence-electron chi connectivity index (χ0n) is 61.0. The Morgan fingerprint density at radius 1 is 0.315 bits per heavy atom. The number of aliphatic hydroxyl groups excluding tert-OH is 4. The van der Waals surface area contributed by atoms with Crippen molar-refractivity contribution in [3.63, 3.8) is 0 Å². The van der Waals surface area contributed by atoms with E-state index in [1.165, 1.54) is 60.7 Å². The van der Waals surface area contributed by atoms with Crippen LogP contribution in [0.15, 0.2) is 182 Å². The Morgan fingerprint density at radius 3 is 0.717 bits per heavy atom. The van der Waals surface area contributed by atoms with Crippen LogP contribution in [0.3, 0.4) is 0 Å². The second-order valence-corrected chi connectivity index (χ2v) is 28.0. The molecule has 4 unspecified atom stereocenters. The summed E-state index contributed by atoms with van der Waals surface area (Å²) in [7, 11) is 0. The molecule has 5 aliphatic heterocycles. The molecule has 0 aromatic heterocycles. The summed E-state index contributed by atoms with van der Waals surface area (Å²) in [5.41, 5.74) is 2.38. The van der Waals surface area contributed by atoms with Gasteiger partial charge in [0.2, 0.25) is 4.69 Å². The number of alkyl halides is 3. The number of allylic oxidation sites excluding steroid dienone is 4. The SMILES string of the molecule is C.C.C.C.C.C.C.C.C.C.C.C1=CCC=C1.O=C(Br)CBr.O=C(CBr)OC1C=CC(OC(=O)CBr)C1.O=C(CN1C(=O)c2ccccc2C1=O)O[C@@H]1C=C[C@H](OC(=O)CN2C(=O)c3ccccc3C2=O)C1.O=C(CN1C(=O)c2ccccc2C1=O)O[C@H]1C[C@@H](OC(=O)CN2C(=O)c3ccccc3C2=O)[C@H](O)[C@@H]1O.O=C1[N-]C(=O)c2ccccc21.OC1C=CC(O)C1.[K+]. The minimum Gasteiger partial charge on any atom is -0.587 e. The van der Waals surface area contributed by atoms with Gasteiger partial charge in [0, 0.05) is 36.8 Å². The predicted molar refractivity (Wildman–Crippen MR) is 487 cm³/mol. The van der Waals surface area contributed by atoms with Gasteiger partial charge in [0.25, 0.3) is 47.3 Å². The molecule has 10 aliphatic rings. The number of nitrogens with zero attached hydrogens (tertiary/aromatic N) is 5. The Balaban J connectivity index is -0.000000768. The van der Waals surface area contributed by atoms with Crippen molar-refractivity contribution in [1.29, 1.82) is 0 Å². The molecular formula is C90H112Br4KN5O27. The van der Waals surface area contributed by atoms with E-state index in [0.29, 0.717) is 39.1 Å². The predicted octanol–water partition coefficient (Wildman–Crippen LogP) is 10.3. The molecule has 688 valence electrons. The summed E-state index contributed by atoms with van der Waals surface area (Å²) in [6.45, 7) is -2.51. The van der Waals surface area contributed by atoms with E-state index >= 15 is 0 Å². The van der Waals surface area contributed by atoms with Crippen LogP contribution in [-0.2, 0) is 62.0 Å². The third kappa shape index (κ3) is 32.8. The first-order valence-electron chi connectivity index (χ1n) is 34.8. The number of fused-ring (bicyclic) bond motifs is 5. The third-order valence-corrected chi connectivity index (χ3v) is 20.0. The van der Waals surface area contributed by atoms with E-state index in [4.69, 9.17) is 38.6 Å². The number of halogens is 4. The van der Waals surface area contributed by atoms with Gasteiger partial charge in [-0.05, 0) is 95.2 Å². The fourth-order valence-corrected chi connectivity index (χ4v) is 12.5. The molecule has 37 heteroatoms. The van der Waals surface area contributed by atoms with Crippen LogP contribution in [0.1, 0.15) is 217 Å². The molecule has 0 bridgehead atoms. The second-order valence-electron chi connectivity index (χ2n) is 25.5. The number of benzene rings is 5. The van der Waals surface area contributed by atoms with Crippen molar-refractivity contribution >= 4 is 163 Å². The number of ether oxygens (including phenoxy) is 6. The van der Waals surface area contributed by atoms with E-state index in [9.17, 15) is 91.7 Å². The first-order valence-corrected chi connectivity index (χ1v) is 39.0. The Hall–Kier alpha value is -9.61. The quantitative estimate of drug-likeness (QED) is 0.0128. The number of carbonyl (C=O) groups is 17. The van der Waals surface area contributed by atoms with Gasteiger partial charge in [0.05, 0.1) is 73.9 Å². The zero-order valence-corrected chi connectivity index (χ0v) is 70.5. The summed E-state index contributed by atoms with van der Waals surface area (Å²) in [5.74, 6) is -10.00. The van der Waals surface area contributed by atoms with Crippen LogP contribution in [0.25, 0.3) is 5.32 Å². The first kappa shape index (κ1) is 124. The van der Waals surface area contributed by atoms with Crippen LogP contribution in [-0.4, -0.2) is 243 Å². The van der Waals surface area contributed by atoms with Crippen molar-refractivity contribution in [2.45, 2.75) is 175 Å². The minimum atomic E-state index is -1.62. The van der Waals surface area contributed by atoms with Crippen molar-refractivity contribution in [3.8, 4) is 0 Å². The Kier molecular flexibility index (Phi) is 57.2. The van der Waals surface area contributed by atoms with Crippen LogP contribution in [0.5, 0.6) is 0 Å². The fourth-order valence-electron chi connectivity index (χ4n) is 12.2. The molecule has 10 amide bonds. The Bertz CT molecular complexity index is 4440. The molecule has 127 heavy (non-hydrogen) atoms. The number of esters is 6. The molecular weight excluding hydrogens is 1940 g/mol. The summed E-state index contributed by atoms with van der Waals surface area (Å²) in [5, 5.41) is 41.9. The number of carbonyl (C=O) groups excluding carboxylic acids is 17. The van der Waals surface area contributed by atoms with Crippen molar-refractivity contribution in [2.75, 3.05) is 42.2 Å². The van der Waals surface area contributed by atoms with Crippen LogP contribution in [0, 0.1) is 0 Å². The molecule has 5 aliphatic carbocycles. The summed E-state index contributed by atoms with van der Waals surface area (Å²) >= 11 is 11.6. The van der Waals surface area contributed by atoms with Crippen molar-refractivity contribution in [1.82, 2.24) is 19.6 Å². The molecule has 5 aromatic rings. The number of rotatable bonds is 17. The maximum absolute atomic E-state index is 12.4. The standard InChI is InChI=1S/C25H20N2O10.C25H18N2O8.C9H10Br2O4.C8H5NO2.C5H8O2.C5H6.C2H2Br2O.11CH4.K/c28-18(10-26-22(32)12-5-1-2-6-13(12)23(26)33)36-16-9-17(21(31)20(16)30)37-19(29)11-27-24(34)14-7-3-4-8-15(14)25(27)35;28-20(12-26-22(30)16-5-1-2-6-17(16)23(26)31)34-14-9-10-15(11-14)35-21(29)13-27-24(32)18-7-3-4-8-19(18)25(27)33;10-4-8(12)14-6-1-2-7(3-6)15-9(13)5-11;10-7-5-3-1-2-4-6(5)8(11)9-7;6-4-1-2-5(7)3-4;1-2-4-5-3-1;3-1-2(4)5;;;;;;;;;;;;/h1-8,16-17,20-21,30-31H,9-11H2;1-10,14-15H,11-13H2;1-2,6-7H,3-5H2;1-4H,(H,9,10,11);1-2,4-7H,3H2;1-4H,5H2;1H2;11*1H4;/q;;;;;;;;;;;;;;;;;;+1/p-1/t16-,17+,20+,21-;14-,15+;;;;;;;;;;;;;;;;;. The van der Waals surface area contributed by atoms with E-state index in [1.54, 1.807) is 97.1 Å². The van der Waals surface area contributed by atoms with Crippen molar-refractivity contribution in [2.24, 2.45) is 0 Å². The molecule has 0 radical (unpaired) electrons. The topological polar surface area (TPSA) is 454 Å². The van der Waals surface area contributed by atoms with E-state index in [-0.39, 0.29) is 230 Å². The van der Waals surface area contributed by atoms with Crippen LogP contribution in [0.2, 0.25) is 0 Å². The molecule has 32 nitrogen and oxygen atoms in total. The smallest absolute Gasteiger partial charge is 0.587 e. The minimum absolute atomic E-state index is 0. The maximum Gasteiger partial charge on any atom is 1.00 e. The second kappa shape index (κ2) is 58.8. The van der Waals surface area contributed by atoms with E-state index < -0.39 is 158 Å². The summed E-state index contributed by atoms with van der Waals surface area (Å²) in [6.07, 6.45) is 11.3. The number of hydrogen-bond donors (Lipinski definition) is 4. The van der Waals surface area contributed by atoms with Gasteiger partial charge in [-0.1, -0.05) is 239 Å². The van der Waals surface area contributed by atoms with E-state index in [1.807, 2.05) is 0 Å². The van der Waals surface area contributed by atoms with Gasteiger partial charge in [-0.2, -0.15) is 0 Å². The van der Waals surface area contributed by atoms with Crippen molar-refractivity contribution in [3.05, 3.63) is 243 Å². The Morgan fingerprint density at radius 2 is 0.528 bits per heavy atom. The first-order chi connectivity index (χ1) is 55.0. The summed E-state index contributed by atoms with van der Waals surface area (Å²) in [4.78, 5) is 205. The number of aliphatic hydroxyl groups is 4. The van der Waals surface area contributed by atoms with Gasteiger partial charge in [-0.25, -0.2) is 0 Å². The Labute approximate surface area is 817 Å².